The van der Waals surface area contributed by atoms with Gasteiger partial charge in [-0.2, -0.15) is 0 Å². The molecule has 160 valence electrons. The lowest BCUT2D eigenvalue weighted by molar-refractivity contribution is -0.129. The molecular weight excluding hydrogens is 474 g/mol. The summed E-state index contributed by atoms with van der Waals surface area (Å²) < 4.78 is 16.8. The van der Waals surface area contributed by atoms with Crippen LogP contribution in [-0.2, 0) is 9.53 Å². The van der Waals surface area contributed by atoms with Gasteiger partial charge in [-0.3, -0.25) is 0 Å². The Morgan fingerprint density at radius 1 is 1.06 bits per heavy atom. The van der Waals surface area contributed by atoms with Crippen molar-refractivity contribution in [3.05, 3.63) is 99.2 Å². The molecule has 0 spiro atoms. The lowest BCUT2D eigenvalue weighted by Gasteiger charge is -2.09. The summed E-state index contributed by atoms with van der Waals surface area (Å²) in [7, 11) is 1.57. The van der Waals surface area contributed by atoms with Crippen molar-refractivity contribution in [2.24, 2.45) is 4.99 Å². The minimum absolute atomic E-state index is 0.0989. The Labute approximate surface area is 193 Å². The Morgan fingerprint density at radius 2 is 1.84 bits per heavy atom. The number of rotatable bonds is 5. The van der Waals surface area contributed by atoms with E-state index >= 15 is 0 Å². The van der Waals surface area contributed by atoms with E-state index in [0.717, 1.165) is 10.0 Å². The number of aryl methyl sites for hydroxylation is 1. The molecule has 4 rings (SSSR count). The van der Waals surface area contributed by atoms with E-state index in [1.54, 1.807) is 67.8 Å². The molecule has 0 fully saturated rings. The predicted molar refractivity (Wildman–Crippen MR) is 124 cm³/mol. The number of methoxy groups -OCH3 is 1. The first-order chi connectivity index (χ1) is 15.4. The van der Waals surface area contributed by atoms with Gasteiger partial charge in [0.05, 0.1) is 12.7 Å². The van der Waals surface area contributed by atoms with Crippen molar-refractivity contribution in [3.63, 3.8) is 0 Å². The highest BCUT2D eigenvalue weighted by Crippen LogP contribution is 2.29. The smallest absolute Gasteiger partial charge is 0.363 e. The van der Waals surface area contributed by atoms with Gasteiger partial charge in [0.2, 0.25) is 5.90 Å². The molecular formula is C25H18BrNO5. The second-order valence-electron chi connectivity index (χ2n) is 7.01. The second kappa shape index (κ2) is 9.20. The summed E-state index contributed by atoms with van der Waals surface area (Å²) in [5.74, 6) is 0.0906. The highest BCUT2D eigenvalue weighted by atomic mass is 79.9. The zero-order valence-electron chi connectivity index (χ0n) is 17.3. The molecule has 0 amide bonds. The van der Waals surface area contributed by atoms with E-state index in [4.69, 9.17) is 14.2 Å². The van der Waals surface area contributed by atoms with Crippen LogP contribution in [0.1, 0.15) is 27.0 Å². The van der Waals surface area contributed by atoms with Gasteiger partial charge < -0.3 is 14.2 Å². The quantitative estimate of drug-likeness (QED) is 0.274. The maximum atomic E-state index is 12.6. The molecule has 0 N–H and O–H groups in total. The molecule has 0 radical (unpaired) electrons. The van der Waals surface area contributed by atoms with Crippen molar-refractivity contribution in [1.82, 2.24) is 0 Å². The van der Waals surface area contributed by atoms with E-state index in [-0.39, 0.29) is 11.6 Å². The fourth-order valence-electron chi connectivity index (χ4n) is 3.07. The van der Waals surface area contributed by atoms with Crippen LogP contribution in [0.5, 0.6) is 11.5 Å². The Kier molecular flexibility index (Phi) is 6.18. The number of hydrogen-bond donors (Lipinski definition) is 0. The third-order valence-electron chi connectivity index (χ3n) is 4.68. The molecule has 1 aliphatic rings. The summed E-state index contributed by atoms with van der Waals surface area (Å²) in [6.45, 7) is 1.90. The SMILES string of the molecule is COc1ccc(C2=N/C(=C/c3cc(Br)ccc3OC(=O)c3cccc(C)c3)C(=O)O2)cc1. The number of benzene rings is 3. The number of cyclic esters (lactones) is 1. The van der Waals surface area contributed by atoms with Gasteiger partial charge in [0.15, 0.2) is 5.70 Å². The first-order valence-corrected chi connectivity index (χ1v) is 10.5. The van der Waals surface area contributed by atoms with Crippen LogP contribution in [0.4, 0.5) is 0 Å². The summed E-state index contributed by atoms with van der Waals surface area (Å²) in [6, 6.07) is 19.3. The highest BCUT2D eigenvalue weighted by molar-refractivity contribution is 9.10. The first kappa shape index (κ1) is 21.5. The number of carbonyl (C=O) groups is 2. The summed E-state index contributed by atoms with van der Waals surface area (Å²) in [5.41, 5.74) is 2.63. The number of hydrogen-bond acceptors (Lipinski definition) is 6. The van der Waals surface area contributed by atoms with Gasteiger partial charge >= 0.3 is 11.9 Å². The van der Waals surface area contributed by atoms with E-state index in [1.165, 1.54) is 6.08 Å². The van der Waals surface area contributed by atoms with Gasteiger partial charge in [0.25, 0.3) is 0 Å². The number of halogens is 1. The Hall–Kier alpha value is -3.71. The fraction of sp³-hybridized carbons (Fsp3) is 0.0800. The van der Waals surface area contributed by atoms with Crippen molar-refractivity contribution < 1.29 is 23.8 Å². The van der Waals surface area contributed by atoms with Crippen LogP contribution < -0.4 is 9.47 Å². The molecule has 0 atom stereocenters. The Morgan fingerprint density at radius 3 is 2.56 bits per heavy atom. The third kappa shape index (κ3) is 4.78. The molecule has 0 bridgehead atoms. The molecule has 7 heteroatoms. The Balaban J connectivity index is 1.64. The summed E-state index contributed by atoms with van der Waals surface area (Å²) in [6.07, 6.45) is 1.53. The second-order valence-corrected chi connectivity index (χ2v) is 7.92. The van der Waals surface area contributed by atoms with Crippen molar-refractivity contribution in [1.29, 1.82) is 0 Å². The van der Waals surface area contributed by atoms with Crippen LogP contribution in [0, 0.1) is 6.92 Å². The molecule has 32 heavy (non-hydrogen) atoms. The molecule has 1 aliphatic heterocycles. The zero-order chi connectivity index (χ0) is 22.7. The topological polar surface area (TPSA) is 74.2 Å². The summed E-state index contributed by atoms with van der Waals surface area (Å²) >= 11 is 3.41. The van der Waals surface area contributed by atoms with Crippen molar-refractivity contribution >= 4 is 39.8 Å². The van der Waals surface area contributed by atoms with Crippen LogP contribution in [0.15, 0.2) is 81.9 Å². The minimum atomic E-state index is -0.591. The molecule has 0 unspecified atom stereocenters. The monoisotopic (exact) mass is 491 g/mol. The molecule has 3 aromatic rings. The van der Waals surface area contributed by atoms with Gasteiger partial charge in [0, 0.05) is 15.6 Å². The number of ether oxygens (including phenoxy) is 3. The van der Waals surface area contributed by atoms with E-state index in [1.807, 2.05) is 13.0 Å². The summed E-state index contributed by atoms with van der Waals surface area (Å²) in [5, 5.41) is 0. The molecule has 1 heterocycles. The maximum absolute atomic E-state index is 12.6. The van der Waals surface area contributed by atoms with Crippen LogP contribution in [0.3, 0.4) is 0 Å². The van der Waals surface area contributed by atoms with Gasteiger partial charge in [-0.15, -0.1) is 0 Å². The van der Waals surface area contributed by atoms with Gasteiger partial charge in [-0.25, -0.2) is 14.6 Å². The number of esters is 2. The lowest BCUT2D eigenvalue weighted by atomic mass is 10.1. The average molecular weight is 492 g/mol. The molecule has 0 aromatic heterocycles. The molecule has 0 saturated heterocycles. The van der Waals surface area contributed by atoms with E-state index < -0.39 is 11.9 Å². The predicted octanol–water partition coefficient (Wildman–Crippen LogP) is 5.33. The van der Waals surface area contributed by atoms with Crippen molar-refractivity contribution in [2.75, 3.05) is 7.11 Å². The molecule has 0 saturated carbocycles. The van der Waals surface area contributed by atoms with E-state index in [2.05, 4.69) is 20.9 Å². The van der Waals surface area contributed by atoms with E-state index in [0.29, 0.717) is 28.2 Å². The van der Waals surface area contributed by atoms with Crippen LogP contribution >= 0.6 is 15.9 Å². The number of aliphatic imine (C=N–C) groups is 1. The lowest BCUT2D eigenvalue weighted by Crippen LogP contribution is -2.09. The highest BCUT2D eigenvalue weighted by Gasteiger charge is 2.25. The van der Waals surface area contributed by atoms with Gasteiger partial charge in [-0.1, -0.05) is 33.6 Å². The minimum Gasteiger partial charge on any atom is -0.497 e. The summed E-state index contributed by atoms with van der Waals surface area (Å²) in [4.78, 5) is 29.3. The van der Waals surface area contributed by atoms with E-state index in [9.17, 15) is 9.59 Å². The average Bonchev–Trinajstić information content (AvgIpc) is 3.15. The third-order valence-corrected chi connectivity index (χ3v) is 5.17. The standard InChI is InChI=1S/C25H18BrNO5/c1-15-4-3-5-17(12-15)24(28)31-22-11-8-19(26)13-18(22)14-21-25(29)32-23(27-21)16-6-9-20(30-2)10-7-16/h3-14H,1-2H3/b21-14+. The van der Waals surface area contributed by atoms with Crippen molar-refractivity contribution in [3.8, 4) is 11.5 Å². The zero-order valence-corrected chi connectivity index (χ0v) is 18.9. The van der Waals surface area contributed by atoms with Crippen LogP contribution in [0.2, 0.25) is 0 Å². The van der Waals surface area contributed by atoms with Crippen molar-refractivity contribution in [2.45, 2.75) is 6.92 Å². The maximum Gasteiger partial charge on any atom is 0.363 e. The fourth-order valence-corrected chi connectivity index (χ4v) is 3.45. The molecule has 6 nitrogen and oxygen atoms in total. The normalized spacial score (nSPS) is 14.2. The largest absolute Gasteiger partial charge is 0.497 e. The van der Waals surface area contributed by atoms with Crippen LogP contribution in [0.25, 0.3) is 6.08 Å². The number of carbonyl (C=O) groups excluding carboxylic acids is 2. The van der Waals surface area contributed by atoms with Gasteiger partial charge in [-0.05, 0) is 67.6 Å². The Bertz CT molecular complexity index is 1260. The molecule has 0 aliphatic carbocycles. The van der Waals surface area contributed by atoms with Crippen LogP contribution in [-0.4, -0.2) is 24.9 Å². The van der Waals surface area contributed by atoms with Gasteiger partial charge in [0.1, 0.15) is 11.5 Å². The first-order valence-electron chi connectivity index (χ1n) is 9.68. The number of nitrogens with zero attached hydrogens (tertiary/aromatic N) is 1. The molecule has 3 aromatic carbocycles.